The number of carbonyl (C=O) groups is 2. The van der Waals surface area contributed by atoms with Crippen LogP contribution in [-0.4, -0.2) is 59.3 Å². The molecule has 1 aliphatic rings. The molecule has 19 heavy (non-hydrogen) atoms. The van der Waals surface area contributed by atoms with Crippen LogP contribution in [-0.2, 0) is 9.59 Å². The molecule has 4 nitrogen and oxygen atoms in total. The first kappa shape index (κ1) is 16.3. The Labute approximate surface area is 120 Å². The summed E-state index contributed by atoms with van der Waals surface area (Å²) in [5.74, 6) is 1.52. The molecule has 1 fully saturated rings. The highest BCUT2D eigenvalue weighted by molar-refractivity contribution is 7.98. The van der Waals surface area contributed by atoms with Gasteiger partial charge in [-0.25, -0.2) is 0 Å². The molecule has 0 aromatic carbocycles. The fourth-order valence-electron chi connectivity index (χ4n) is 2.42. The highest BCUT2D eigenvalue weighted by Gasteiger charge is 2.36. The Morgan fingerprint density at radius 2 is 2.11 bits per heavy atom. The lowest BCUT2D eigenvalue weighted by molar-refractivity contribution is -0.132. The van der Waals surface area contributed by atoms with Gasteiger partial charge >= 0.3 is 0 Å². The summed E-state index contributed by atoms with van der Waals surface area (Å²) in [6, 6.07) is 0. The van der Waals surface area contributed by atoms with Crippen LogP contribution < -0.4 is 0 Å². The Kier molecular flexibility index (Phi) is 5.71. The van der Waals surface area contributed by atoms with Gasteiger partial charge in [0.05, 0.1) is 0 Å². The van der Waals surface area contributed by atoms with Crippen molar-refractivity contribution in [2.45, 2.75) is 39.2 Å². The number of thioether (sulfide) groups is 1. The van der Waals surface area contributed by atoms with Crippen LogP contribution >= 0.6 is 11.8 Å². The zero-order chi connectivity index (χ0) is 14.6. The van der Waals surface area contributed by atoms with Gasteiger partial charge in [-0.3, -0.25) is 9.59 Å². The van der Waals surface area contributed by atoms with Crippen molar-refractivity contribution in [1.82, 2.24) is 9.80 Å². The Morgan fingerprint density at radius 1 is 1.47 bits per heavy atom. The van der Waals surface area contributed by atoms with E-state index in [1.165, 1.54) is 0 Å². The minimum absolute atomic E-state index is 0.118. The van der Waals surface area contributed by atoms with Gasteiger partial charge in [0.1, 0.15) is 0 Å². The molecule has 0 unspecified atom stereocenters. The Balaban J connectivity index is 2.47. The molecule has 2 amide bonds. The minimum Gasteiger partial charge on any atom is -0.345 e. The van der Waals surface area contributed by atoms with E-state index in [1.807, 2.05) is 18.2 Å². The molecular formula is C14H26N2O2S. The van der Waals surface area contributed by atoms with Crippen molar-refractivity contribution >= 4 is 23.6 Å². The molecule has 0 N–H and O–H groups in total. The van der Waals surface area contributed by atoms with Gasteiger partial charge in [-0.05, 0) is 27.0 Å². The normalized spacial score (nSPS) is 19.9. The predicted octanol–water partition coefficient (Wildman–Crippen LogP) is 1.84. The first-order valence-electron chi connectivity index (χ1n) is 6.79. The number of hydrogen-bond donors (Lipinski definition) is 0. The third kappa shape index (κ3) is 4.71. The van der Waals surface area contributed by atoms with Crippen molar-refractivity contribution in [3.63, 3.8) is 0 Å². The van der Waals surface area contributed by atoms with Crippen LogP contribution in [0.2, 0.25) is 0 Å². The molecule has 0 aliphatic carbocycles. The van der Waals surface area contributed by atoms with Gasteiger partial charge in [0, 0.05) is 50.2 Å². The van der Waals surface area contributed by atoms with Crippen molar-refractivity contribution in [3.05, 3.63) is 0 Å². The fourth-order valence-corrected chi connectivity index (χ4v) is 2.80. The largest absolute Gasteiger partial charge is 0.345 e. The zero-order valence-corrected chi connectivity index (χ0v) is 13.5. The summed E-state index contributed by atoms with van der Waals surface area (Å²) in [5.41, 5.74) is -0.118. The van der Waals surface area contributed by atoms with Gasteiger partial charge in [0.15, 0.2) is 0 Å². The molecule has 1 rings (SSSR count). The van der Waals surface area contributed by atoms with Crippen LogP contribution in [0.3, 0.4) is 0 Å². The molecule has 0 bridgehead atoms. The smallest absolute Gasteiger partial charge is 0.223 e. The summed E-state index contributed by atoms with van der Waals surface area (Å²) in [7, 11) is 1.84. The van der Waals surface area contributed by atoms with E-state index in [0.29, 0.717) is 19.4 Å². The molecule has 0 spiro atoms. The number of rotatable bonds is 5. The summed E-state index contributed by atoms with van der Waals surface area (Å²) in [5, 5.41) is 0. The van der Waals surface area contributed by atoms with E-state index >= 15 is 0 Å². The van der Waals surface area contributed by atoms with Crippen LogP contribution in [0.4, 0.5) is 0 Å². The lowest BCUT2D eigenvalue weighted by Gasteiger charge is -2.32. The zero-order valence-electron chi connectivity index (χ0n) is 12.7. The molecule has 0 saturated carbocycles. The van der Waals surface area contributed by atoms with Crippen LogP contribution in [0.5, 0.6) is 0 Å². The summed E-state index contributed by atoms with van der Waals surface area (Å²) in [6.07, 6.45) is 3.16. The van der Waals surface area contributed by atoms with Crippen LogP contribution in [0.15, 0.2) is 0 Å². The average molecular weight is 286 g/mol. The fraction of sp³-hybridized carbons (Fsp3) is 0.857. The molecular weight excluding hydrogens is 260 g/mol. The third-order valence-corrected chi connectivity index (χ3v) is 4.11. The second kappa shape index (κ2) is 6.64. The summed E-state index contributed by atoms with van der Waals surface area (Å²) >= 11 is 1.68. The second-order valence-electron chi connectivity index (χ2n) is 6.26. The predicted molar refractivity (Wildman–Crippen MR) is 80.2 cm³/mol. The van der Waals surface area contributed by atoms with Crippen molar-refractivity contribution in [2.24, 2.45) is 5.92 Å². The molecule has 1 atom stereocenters. The monoisotopic (exact) mass is 286 g/mol. The molecule has 0 radical (unpaired) electrons. The minimum atomic E-state index is -0.118. The molecule has 1 aliphatic heterocycles. The third-order valence-electron chi connectivity index (χ3n) is 3.49. The van der Waals surface area contributed by atoms with E-state index in [4.69, 9.17) is 0 Å². The van der Waals surface area contributed by atoms with Crippen LogP contribution in [0.1, 0.15) is 33.6 Å². The van der Waals surface area contributed by atoms with Gasteiger partial charge in [-0.2, -0.15) is 11.8 Å². The maximum atomic E-state index is 12.0. The lowest BCUT2D eigenvalue weighted by atomic mass is 10.1. The van der Waals surface area contributed by atoms with Gasteiger partial charge in [0.2, 0.25) is 11.8 Å². The van der Waals surface area contributed by atoms with Crippen LogP contribution in [0, 0.1) is 5.92 Å². The molecule has 0 aromatic heterocycles. The molecule has 110 valence electrons. The first-order chi connectivity index (χ1) is 8.75. The first-order valence-corrected chi connectivity index (χ1v) is 8.18. The number of likely N-dealkylation sites (tertiary alicyclic amines) is 1. The van der Waals surface area contributed by atoms with Crippen molar-refractivity contribution in [1.29, 1.82) is 0 Å². The van der Waals surface area contributed by atoms with Gasteiger partial charge in [-0.1, -0.05) is 0 Å². The maximum absolute atomic E-state index is 12.0. The standard InChI is InChI=1S/C14H26N2O2S/c1-14(2,3)16-10-11(8-13(16)18)9-15(4)12(17)6-7-19-5/h11H,6-10H2,1-5H3/t11-/m0/s1. The van der Waals surface area contributed by atoms with Gasteiger partial charge in [0.25, 0.3) is 0 Å². The average Bonchev–Trinajstić information content (AvgIpc) is 2.66. The summed E-state index contributed by atoms with van der Waals surface area (Å²) in [4.78, 5) is 27.5. The Bertz CT molecular complexity index is 339. The topological polar surface area (TPSA) is 40.6 Å². The van der Waals surface area contributed by atoms with E-state index in [2.05, 4.69) is 20.8 Å². The summed E-state index contributed by atoms with van der Waals surface area (Å²) in [6.45, 7) is 7.62. The molecule has 1 saturated heterocycles. The molecule has 5 heteroatoms. The van der Waals surface area contributed by atoms with E-state index in [9.17, 15) is 9.59 Å². The van der Waals surface area contributed by atoms with Gasteiger partial charge < -0.3 is 9.80 Å². The Morgan fingerprint density at radius 3 is 2.58 bits per heavy atom. The van der Waals surface area contributed by atoms with Gasteiger partial charge in [-0.15, -0.1) is 0 Å². The van der Waals surface area contributed by atoms with E-state index < -0.39 is 0 Å². The van der Waals surface area contributed by atoms with E-state index in [1.54, 1.807) is 16.7 Å². The van der Waals surface area contributed by atoms with E-state index in [0.717, 1.165) is 12.3 Å². The highest BCUT2D eigenvalue weighted by Crippen LogP contribution is 2.26. The number of amides is 2. The lowest BCUT2D eigenvalue weighted by Crippen LogP contribution is -2.43. The maximum Gasteiger partial charge on any atom is 0.223 e. The highest BCUT2D eigenvalue weighted by atomic mass is 32.2. The van der Waals surface area contributed by atoms with Crippen molar-refractivity contribution in [3.8, 4) is 0 Å². The second-order valence-corrected chi connectivity index (χ2v) is 7.25. The van der Waals surface area contributed by atoms with E-state index in [-0.39, 0.29) is 23.3 Å². The SMILES string of the molecule is CSCCC(=O)N(C)C[C@@H]1CC(=O)N(C(C)(C)C)C1. The van der Waals surface area contributed by atoms with Crippen molar-refractivity contribution in [2.75, 3.05) is 32.1 Å². The quantitative estimate of drug-likeness (QED) is 0.774. The molecule has 0 aromatic rings. The van der Waals surface area contributed by atoms with Crippen molar-refractivity contribution < 1.29 is 9.59 Å². The number of nitrogens with zero attached hydrogens (tertiary/aromatic N) is 2. The molecule has 1 heterocycles. The van der Waals surface area contributed by atoms with Crippen LogP contribution in [0.25, 0.3) is 0 Å². The summed E-state index contributed by atoms with van der Waals surface area (Å²) < 4.78 is 0. The number of carbonyl (C=O) groups excluding carboxylic acids is 2. The number of hydrogen-bond acceptors (Lipinski definition) is 3. The Hall–Kier alpha value is -0.710.